The van der Waals surface area contributed by atoms with Gasteiger partial charge in [-0.25, -0.2) is 0 Å². The maximum Gasteiger partial charge on any atom is 0.122 e. The van der Waals surface area contributed by atoms with Crippen molar-refractivity contribution in [1.82, 2.24) is 5.32 Å². The maximum atomic E-state index is 10.6. The van der Waals surface area contributed by atoms with Crippen molar-refractivity contribution in [3.05, 3.63) is 23.8 Å². The van der Waals surface area contributed by atoms with E-state index in [0.717, 1.165) is 12.1 Å². The van der Waals surface area contributed by atoms with Crippen LogP contribution >= 0.6 is 0 Å². The molecule has 0 aromatic heterocycles. The van der Waals surface area contributed by atoms with Gasteiger partial charge in [-0.05, 0) is 37.6 Å². The van der Waals surface area contributed by atoms with Crippen molar-refractivity contribution in [2.75, 3.05) is 20.8 Å². The molecule has 1 aromatic carbocycles. The number of ether oxygens (including phenoxy) is 2. The molecule has 0 saturated carbocycles. The second-order valence-electron chi connectivity index (χ2n) is 5.23. The fourth-order valence-corrected chi connectivity index (χ4v) is 1.87. The van der Waals surface area contributed by atoms with E-state index in [1.807, 2.05) is 19.1 Å². The molecule has 4 heteroatoms. The summed E-state index contributed by atoms with van der Waals surface area (Å²) in [7, 11) is 3.21. The quantitative estimate of drug-likeness (QED) is 0.796. The zero-order valence-electron chi connectivity index (χ0n) is 12.5. The molecule has 0 bridgehead atoms. The van der Waals surface area contributed by atoms with Gasteiger partial charge >= 0.3 is 0 Å². The van der Waals surface area contributed by atoms with Crippen LogP contribution in [0.15, 0.2) is 18.2 Å². The van der Waals surface area contributed by atoms with Crippen LogP contribution in [0.4, 0.5) is 0 Å². The standard InChI is InChI=1S/C15H25NO3/c1-11(2)16-7-6-15(3,17)12-8-13(18-4)10-14(9-12)19-5/h8-11,16-17H,6-7H2,1-5H3. The highest BCUT2D eigenvalue weighted by molar-refractivity contribution is 5.40. The van der Waals surface area contributed by atoms with Crippen molar-refractivity contribution in [3.63, 3.8) is 0 Å². The Balaban J connectivity index is 2.86. The second kappa shape index (κ2) is 6.78. The Bertz CT molecular complexity index is 380. The number of hydrogen-bond donors (Lipinski definition) is 2. The predicted octanol–water partition coefficient (Wildman–Crippen LogP) is 2.30. The van der Waals surface area contributed by atoms with Gasteiger partial charge in [-0.3, -0.25) is 0 Å². The van der Waals surface area contributed by atoms with E-state index >= 15 is 0 Å². The van der Waals surface area contributed by atoms with Crippen LogP contribution in [-0.4, -0.2) is 31.9 Å². The molecule has 0 fully saturated rings. The second-order valence-corrected chi connectivity index (χ2v) is 5.23. The van der Waals surface area contributed by atoms with Gasteiger partial charge in [0.05, 0.1) is 19.8 Å². The summed E-state index contributed by atoms with van der Waals surface area (Å²) in [6, 6.07) is 5.90. The number of methoxy groups -OCH3 is 2. The Morgan fingerprint density at radius 2 is 1.68 bits per heavy atom. The third kappa shape index (κ3) is 4.73. The van der Waals surface area contributed by atoms with Gasteiger partial charge in [0.25, 0.3) is 0 Å². The third-order valence-corrected chi connectivity index (χ3v) is 3.14. The van der Waals surface area contributed by atoms with Gasteiger partial charge < -0.3 is 19.9 Å². The third-order valence-electron chi connectivity index (χ3n) is 3.14. The van der Waals surface area contributed by atoms with Gasteiger partial charge in [0.2, 0.25) is 0 Å². The van der Waals surface area contributed by atoms with E-state index in [9.17, 15) is 5.11 Å². The number of nitrogens with one attached hydrogen (secondary N) is 1. The number of benzene rings is 1. The lowest BCUT2D eigenvalue weighted by Crippen LogP contribution is -2.31. The summed E-state index contributed by atoms with van der Waals surface area (Å²) in [4.78, 5) is 0. The average molecular weight is 267 g/mol. The van der Waals surface area contributed by atoms with E-state index in [1.54, 1.807) is 20.3 Å². The van der Waals surface area contributed by atoms with Crippen LogP contribution < -0.4 is 14.8 Å². The molecule has 2 N–H and O–H groups in total. The van der Waals surface area contributed by atoms with Crippen LogP contribution in [0.3, 0.4) is 0 Å². The van der Waals surface area contributed by atoms with Crippen molar-refractivity contribution in [3.8, 4) is 11.5 Å². The first-order valence-electron chi connectivity index (χ1n) is 6.58. The molecule has 0 heterocycles. The number of rotatable bonds is 7. The minimum Gasteiger partial charge on any atom is -0.497 e. The van der Waals surface area contributed by atoms with E-state index in [4.69, 9.17) is 9.47 Å². The van der Waals surface area contributed by atoms with E-state index in [2.05, 4.69) is 19.2 Å². The Kier molecular flexibility index (Phi) is 5.63. The zero-order chi connectivity index (χ0) is 14.5. The van der Waals surface area contributed by atoms with Crippen molar-refractivity contribution < 1.29 is 14.6 Å². The molecule has 1 aromatic rings. The Labute approximate surface area is 115 Å². The van der Waals surface area contributed by atoms with Crippen molar-refractivity contribution >= 4 is 0 Å². The number of aliphatic hydroxyl groups is 1. The molecular formula is C15H25NO3. The topological polar surface area (TPSA) is 50.7 Å². The van der Waals surface area contributed by atoms with Gasteiger partial charge in [0, 0.05) is 12.1 Å². The fourth-order valence-electron chi connectivity index (χ4n) is 1.87. The molecule has 0 aliphatic heterocycles. The molecule has 1 rings (SSSR count). The Hall–Kier alpha value is -1.26. The van der Waals surface area contributed by atoms with Gasteiger partial charge in [0.15, 0.2) is 0 Å². The van der Waals surface area contributed by atoms with Crippen molar-refractivity contribution in [2.24, 2.45) is 0 Å². The summed E-state index contributed by atoms with van der Waals surface area (Å²) in [6.07, 6.45) is 0.626. The van der Waals surface area contributed by atoms with E-state index in [1.165, 1.54) is 0 Å². The summed E-state index contributed by atoms with van der Waals surface area (Å²) in [5, 5.41) is 13.9. The van der Waals surface area contributed by atoms with Crippen LogP contribution in [0, 0.1) is 0 Å². The predicted molar refractivity (Wildman–Crippen MR) is 76.9 cm³/mol. The van der Waals surface area contributed by atoms with E-state index < -0.39 is 5.60 Å². The Morgan fingerprint density at radius 1 is 1.16 bits per heavy atom. The fraction of sp³-hybridized carbons (Fsp3) is 0.600. The molecule has 0 aliphatic carbocycles. The van der Waals surface area contributed by atoms with Gasteiger partial charge in [-0.15, -0.1) is 0 Å². The van der Waals surface area contributed by atoms with Crippen LogP contribution in [0.2, 0.25) is 0 Å². The molecule has 0 spiro atoms. The van der Waals surface area contributed by atoms with Crippen molar-refractivity contribution in [2.45, 2.75) is 38.8 Å². The number of hydrogen-bond acceptors (Lipinski definition) is 4. The molecule has 4 nitrogen and oxygen atoms in total. The van der Waals surface area contributed by atoms with Crippen LogP contribution in [0.25, 0.3) is 0 Å². The normalized spacial score (nSPS) is 14.3. The largest absolute Gasteiger partial charge is 0.497 e. The van der Waals surface area contributed by atoms with Crippen LogP contribution in [-0.2, 0) is 5.60 Å². The molecule has 0 saturated heterocycles. The summed E-state index contributed by atoms with van der Waals surface area (Å²) < 4.78 is 10.5. The van der Waals surface area contributed by atoms with Gasteiger partial charge in [-0.1, -0.05) is 13.8 Å². The van der Waals surface area contributed by atoms with Crippen LogP contribution in [0.1, 0.15) is 32.8 Å². The molecule has 108 valence electrons. The lowest BCUT2D eigenvalue weighted by molar-refractivity contribution is 0.0471. The van der Waals surface area contributed by atoms with Crippen LogP contribution in [0.5, 0.6) is 11.5 Å². The molecule has 1 unspecified atom stereocenters. The van der Waals surface area contributed by atoms with Gasteiger partial charge in [-0.2, -0.15) is 0 Å². The van der Waals surface area contributed by atoms with Crippen molar-refractivity contribution in [1.29, 1.82) is 0 Å². The molecule has 19 heavy (non-hydrogen) atoms. The van der Waals surface area contributed by atoms with E-state index in [-0.39, 0.29) is 0 Å². The minimum absolute atomic E-state index is 0.413. The van der Waals surface area contributed by atoms with E-state index in [0.29, 0.717) is 24.0 Å². The SMILES string of the molecule is COc1cc(OC)cc(C(C)(O)CCNC(C)C)c1. The summed E-state index contributed by atoms with van der Waals surface area (Å²) >= 11 is 0. The highest BCUT2D eigenvalue weighted by Crippen LogP contribution is 2.31. The monoisotopic (exact) mass is 267 g/mol. The molecule has 0 aliphatic rings. The molecule has 0 amide bonds. The minimum atomic E-state index is -0.913. The lowest BCUT2D eigenvalue weighted by atomic mass is 9.92. The first-order chi connectivity index (χ1) is 8.89. The first-order valence-corrected chi connectivity index (χ1v) is 6.58. The molecular weight excluding hydrogens is 242 g/mol. The summed E-state index contributed by atoms with van der Waals surface area (Å²) in [6.45, 7) is 6.74. The average Bonchev–Trinajstić information content (AvgIpc) is 2.37. The molecule has 1 atom stereocenters. The highest BCUT2D eigenvalue weighted by Gasteiger charge is 2.24. The first kappa shape index (κ1) is 15.8. The Morgan fingerprint density at radius 3 is 2.11 bits per heavy atom. The maximum absolute atomic E-state index is 10.6. The smallest absolute Gasteiger partial charge is 0.122 e. The summed E-state index contributed by atoms with van der Waals surface area (Å²) in [5.74, 6) is 1.37. The molecule has 0 radical (unpaired) electrons. The highest BCUT2D eigenvalue weighted by atomic mass is 16.5. The summed E-state index contributed by atoms with van der Waals surface area (Å²) in [5.41, 5.74) is -0.113. The zero-order valence-corrected chi connectivity index (χ0v) is 12.5. The lowest BCUT2D eigenvalue weighted by Gasteiger charge is -2.25. The van der Waals surface area contributed by atoms with Gasteiger partial charge in [0.1, 0.15) is 11.5 Å².